The average molecular weight is 278 g/mol. The molecule has 0 amide bonds. The number of H-pyrrole nitrogens is 1. The van der Waals surface area contributed by atoms with Gasteiger partial charge in [0.25, 0.3) is 0 Å². The van der Waals surface area contributed by atoms with E-state index in [9.17, 15) is 0 Å². The summed E-state index contributed by atoms with van der Waals surface area (Å²) >= 11 is 5.52. The summed E-state index contributed by atoms with van der Waals surface area (Å²) in [5.41, 5.74) is 3.90. The van der Waals surface area contributed by atoms with Gasteiger partial charge in [0, 0.05) is 13.6 Å². The Labute approximate surface area is 118 Å². The van der Waals surface area contributed by atoms with Crippen LogP contribution in [-0.4, -0.2) is 19.3 Å². The molecule has 2 aromatic rings. The van der Waals surface area contributed by atoms with E-state index in [1.807, 2.05) is 11.7 Å². The summed E-state index contributed by atoms with van der Waals surface area (Å²) in [6.07, 6.45) is 6.18. The highest BCUT2D eigenvalue weighted by molar-refractivity contribution is 7.71. The molecule has 5 heteroatoms. The number of aromatic amines is 1. The Morgan fingerprint density at radius 2 is 2.11 bits per heavy atom. The van der Waals surface area contributed by atoms with Crippen molar-refractivity contribution in [1.29, 1.82) is 0 Å². The van der Waals surface area contributed by atoms with Crippen molar-refractivity contribution in [3.05, 3.63) is 10.5 Å². The molecule has 104 valence electrons. The Kier molecular flexibility index (Phi) is 3.04. The second-order valence-electron chi connectivity index (χ2n) is 5.89. The SMILES string of the molecule is CCCC1(Cn2c(=S)[nH]c3c(CC)nn(C)c32)CC1. The van der Waals surface area contributed by atoms with Crippen molar-refractivity contribution in [3.8, 4) is 0 Å². The molecule has 0 aliphatic heterocycles. The van der Waals surface area contributed by atoms with Crippen LogP contribution in [0.1, 0.15) is 45.2 Å². The fourth-order valence-corrected chi connectivity index (χ4v) is 3.45. The predicted octanol–water partition coefficient (Wildman–Crippen LogP) is 3.58. The monoisotopic (exact) mass is 278 g/mol. The lowest BCUT2D eigenvalue weighted by Crippen LogP contribution is -2.13. The molecule has 3 rings (SSSR count). The second kappa shape index (κ2) is 4.47. The summed E-state index contributed by atoms with van der Waals surface area (Å²) in [7, 11) is 2.01. The van der Waals surface area contributed by atoms with Gasteiger partial charge in [0.05, 0.1) is 5.69 Å². The topological polar surface area (TPSA) is 38.5 Å². The molecule has 1 aliphatic rings. The molecule has 2 aromatic heterocycles. The number of rotatable bonds is 5. The van der Waals surface area contributed by atoms with Crippen molar-refractivity contribution in [2.24, 2.45) is 12.5 Å². The van der Waals surface area contributed by atoms with E-state index in [2.05, 4.69) is 28.5 Å². The molecule has 4 nitrogen and oxygen atoms in total. The van der Waals surface area contributed by atoms with Crippen LogP contribution in [-0.2, 0) is 20.0 Å². The van der Waals surface area contributed by atoms with Gasteiger partial charge in [-0.25, -0.2) is 0 Å². The summed E-state index contributed by atoms with van der Waals surface area (Å²) in [5.74, 6) is 0. The van der Waals surface area contributed by atoms with E-state index in [-0.39, 0.29) is 0 Å². The molecule has 1 aliphatic carbocycles. The van der Waals surface area contributed by atoms with E-state index in [4.69, 9.17) is 12.2 Å². The first kappa shape index (κ1) is 12.9. The highest BCUT2D eigenvalue weighted by Gasteiger charge is 2.42. The fourth-order valence-electron chi connectivity index (χ4n) is 3.20. The van der Waals surface area contributed by atoms with Crippen LogP contribution in [0.25, 0.3) is 11.2 Å². The van der Waals surface area contributed by atoms with E-state index in [0.29, 0.717) is 5.41 Å². The van der Waals surface area contributed by atoms with Crippen LogP contribution < -0.4 is 0 Å². The fraction of sp³-hybridized carbons (Fsp3) is 0.714. The zero-order valence-corrected chi connectivity index (χ0v) is 12.8. The van der Waals surface area contributed by atoms with Crippen LogP contribution in [0.5, 0.6) is 0 Å². The first-order valence-electron chi connectivity index (χ1n) is 7.24. The second-order valence-corrected chi connectivity index (χ2v) is 6.28. The highest BCUT2D eigenvalue weighted by Crippen LogP contribution is 2.51. The van der Waals surface area contributed by atoms with Crippen LogP contribution in [0, 0.1) is 10.2 Å². The minimum Gasteiger partial charge on any atom is -0.328 e. The quantitative estimate of drug-likeness (QED) is 0.849. The Hall–Kier alpha value is -1.10. The number of aryl methyl sites for hydroxylation is 2. The van der Waals surface area contributed by atoms with E-state index >= 15 is 0 Å². The molecular weight excluding hydrogens is 256 g/mol. The van der Waals surface area contributed by atoms with Gasteiger partial charge in [-0.15, -0.1) is 0 Å². The number of nitrogens with one attached hydrogen (secondary N) is 1. The molecule has 0 unspecified atom stereocenters. The minimum absolute atomic E-state index is 0.499. The number of imidazole rings is 1. The van der Waals surface area contributed by atoms with Gasteiger partial charge in [0.15, 0.2) is 10.4 Å². The molecule has 1 saturated carbocycles. The van der Waals surface area contributed by atoms with Crippen molar-refractivity contribution in [1.82, 2.24) is 19.3 Å². The molecule has 0 saturated heterocycles. The largest absolute Gasteiger partial charge is 0.328 e. The smallest absolute Gasteiger partial charge is 0.179 e. The highest BCUT2D eigenvalue weighted by atomic mass is 32.1. The third-order valence-electron chi connectivity index (χ3n) is 4.39. The van der Waals surface area contributed by atoms with E-state index in [1.54, 1.807) is 0 Å². The van der Waals surface area contributed by atoms with Gasteiger partial charge in [-0.3, -0.25) is 4.68 Å². The van der Waals surface area contributed by atoms with Crippen LogP contribution in [0.15, 0.2) is 0 Å². The Balaban J connectivity index is 2.06. The molecule has 19 heavy (non-hydrogen) atoms. The third-order valence-corrected chi connectivity index (χ3v) is 4.71. The number of fused-ring (bicyclic) bond motifs is 1. The molecule has 0 atom stereocenters. The molecule has 0 aromatic carbocycles. The van der Waals surface area contributed by atoms with Crippen LogP contribution in [0.4, 0.5) is 0 Å². The lowest BCUT2D eigenvalue weighted by atomic mass is 10.0. The van der Waals surface area contributed by atoms with E-state index in [0.717, 1.165) is 34.6 Å². The lowest BCUT2D eigenvalue weighted by Gasteiger charge is -2.15. The molecule has 0 bridgehead atoms. The summed E-state index contributed by atoms with van der Waals surface area (Å²) < 4.78 is 5.09. The van der Waals surface area contributed by atoms with Crippen molar-refractivity contribution in [2.75, 3.05) is 0 Å². The normalized spacial score (nSPS) is 17.2. The molecular formula is C14H22N4S. The number of hydrogen-bond acceptors (Lipinski definition) is 2. The van der Waals surface area contributed by atoms with Gasteiger partial charge < -0.3 is 9.55 Å². The van der Waals surface area contributed by atoms with E-state index in [1.165, 1.54) is 25.7 Å². The van der Waals surface area contributed by atoms with Crippen molar-refractivity contribution < 1.29 is 0 Å². The number of hydrogen-bond donors (Lipinski definition) is 1. The van der Waals surface area contributed by atoms with Gasteiger partial charge in [-0.2, -0.15) is 5.10 Å². The maximum Gasteiger partial charge on any atom is 0.179 e. The molecule has 1 N–H and O–H groups in total. The molecule has 0 radical (unpaired) electrons. The molecule has 1 fully saturated rings. The Morgan fingerprint density at radius 3 is 2.68 bits per heavy atom. The summed E-state index contributed by atoms with van der Waals surface area (Å²) in [4.78, 5) is 3.35. The van der Waals surface area contributed by atoms with Crippen LogP contribution >= 0.6 is 12.2 Å². The summed E-state index contributed by atoms with van der Waals surface area (Å²) in [5, 5.41) is 4.58. The van der Waals surface area contributed by atoms with Crippen molar-refractivity contribution in [2.45, 2.75) is 52.5 Å². The van der Waals surface area contributed by atoms with Crippen LogP contribution in [0.3, 0.4) is 0 Å². The van der Waals surface area contributed by atoms with Crippen LogP contribution in [0.2, 0.25) is 0 Å². The number of nitrogens with zero attached hydrogens (tertiary/aromatic N) is 3. The molecule has 2 heterocycles. The van der Waals surface area contributed by atoms with Gasteiger partial charge in [-0.1, -0.05) is 20.3 Å². The summed E-state index contributed by atoms with van der Waals surface area (Å²) in [6, 6.07) is 0. The third kappa shape index (κ3) is 2.04. The zero-order valence-electron chi connectivity index (χ0n) is 12.0. The first-order valence-corrected chi connectivity index (χ1v) is 7.65. The predicted molar refractivity (Wildman–Crippen MR) is 79.8 cm³/mol. The Bertz CT molecular complexity index is 657. The molecule has 0 spiro atoms. The van der Waals surface area contributed by atoms with Gasteiger partial charge in [-0.05, 0) is 43.3 Å². The van der Waals surface area contributed by atoms with Crippen molar-refractivity contribution >= 4 is 23.4 Å². The van der Waals surface area contributed by atoms with Gasteiger partial charge in [0.2, 0.25) is 0 Å². The van der Waals surface area contributed by atoms with Gasteiger partial charge in [0.1, 0.15) is 5.52 Å². The first-order chi connectivity index (χ1) is 9.10. The zero-order chi connectivity index (χ0) is 13.6. The van der Waals surface area contributed by atoms with Gasteiger partial charge >= 0.3 is 0 Å². The van der Waals surface area contributed by atoms with Crippen molar-refractivity contribution in [3.63, 3.8) is 0 Å². The summed E-state index contributed by atoms with van der Waals surface area (Å²) in [6.45, 7) is 5.45. The number of aromatic nitrogens is 4. The maximum atomic E-state index is 5.52. The lowest BCUT2D eigenvalue weighted by molar-refractivity contribution is 0.388. The Morgan fingerprint density at radius 1 is 1.37 bits per heavy atom. The standard InChI is InChI=1S/C14H22N4S/c1-4-6-14(7-8-14)9-18-12-11(15-13(18)19)10(5-2)16-17(12)3/h4-9H2,1-3H3,(H,15,19). The van der Waals surface area contributed by atoms with E-state index < -0.39 is 0 Å². The minimum atomic E-state index is 0.499. The maximum absolute atomic E-state index is 5.52. The average Bonchev–Trinajstić information content (AvgIpc) is 2.96.